The Bertz CT molecular complexity index is 421. The molecule has 3 rings (SSSR count). The SMILES string of the molecule is CC(C)C12CCCCC1c1cccc(N)c12. The van der Waals surface area contributed by atoms with Gasteiger partial charge in [-0.05, 0) is 41.9 Å². The van der Waals surface area contributed by atoms with Gasteiger partial charge in [0, 0.05) is 11.1 Å². The number of nitrogen functional groups attached to an aromatic ring is 1. The Morgan fingerprint density at radius 1 is 1.31 bits per heavy atom. The third-order valence-corrected chi connectivity index (χ3v) is 4.96. The second-order valence-electron chi connectivity index (χ2n) is 5.80. The number of hydrogen-bond acceptors (Lipinski definition) is 1. The minimum atomic E-state index is 0.416. The quantitative estimate of drug-likeness (QED) is 0.708. The van der Waals surface area contributed by atoms with Crippen LogP contribution in [0.3, 0.4) is 0 Å². The first kappa shape index (κ1) is 10.2. The fourth-order valence-electron chi connectivity index (χ4n) is 4.25. The summed E-state index contributed by atoms with van der Waals surface area (Å²) in [6, 6.07) is 6.49. The van der Waals surface area contributed by atoms with Gasteiger partial charge in [0.15, 0.2) is 0 Å². The maximum Gasteiger partial charge on any atom is 0.0355 e. The zero-order chi connectivity index (χ0) is 11.3. The molecule has 0 aromatic heterocycles. The third kappa shape index (κ3) is 1.02. The Labute approximate surface area is 98.0 Å². The van der Waals surface area contributed by atoms with E-state index in [4.69, 9.17) is 5.73 Å². The molecule has 0 radical (unpaired) electrons. The summed E-state index contributed by atoms with van der Waals surface area (Å²) in [5.41, 5.74) is 10.7. The number of fused-ring (bicyclic) bond motifs is 4. The van der Waals surface area contributed by atoms with Crippen molar-refractivity contribution >= 4 is 5.69 Å². The number of rotatable bonds is 1. The van der Waals surface area contributed by atoms with Crippen molar-refractivity contribution in [3.8, 4) is 0 Å². The fraction of sp³-hybridized carbons (Fsp3) is 0.600. The van der Waals surface area contributed by atoms with Crippen LogP contribution in [0.4, 0.5) is 5.69 Å². The van der Waals surface area contributed by atoms with Crippen LogP contribution in [0, 0.1) is 5.92 Å². The zero-order valence-electron chi connectivity index (χ0n) is 10.3. The molecule has 86 valence electrons. The molecule has 2 unspecified atom stereocenters. The molecule has 16 heavy (non-hydrogen) atoms. The van der Waals surface area contributed by atoms with Gasteiger partial charge < -0.3 is 5.73 Å². The number of nitrogens with two attached hydrogens (primary N) is 1. The van der Waals surface area contributed by atoms with Crippen LogP contribution in [-0.2, 0) is 5.41 Å². The van der Waals surface area contributed by atoms with Crippen molar-refractivity contribution in [2.75, 3.05) is 5.73 Å². The van der Waals surface area contributed by atoms with Crippen LogP contribution in [0.5, 0.6) is 0 Å². The van der Waals surface area contributed by atoms with E-state index in [0.717, 1.165) is 17.5 Å². The molecule has 0 heterocycles. The molecule has 0 spiro atoms. The maximum absolute atomic E-state index is 6.20. The number of hydrogen-bond donors (Lipinski definition) is 1. The van der Waals surface area contributed by atoms with E-state index < -0.39 is 0 Å². The van der Waals surface area contributed by atoms with Gasteiger partial charge in [-0.1, -0.05) is 38.8 Å². The molecule has 1 aromatic carbocycles. The molecule has 0 amide bonds. The van der Waals surface area contributed by atoms with E-state index in [1.807, 2.05) is 0 Å². The van der Waals surface area contributed by atoms with E-state index in [1.165, 1.54) is 31.2 Å². The van der Waals surface area contributed by atoms with Crippen molar-refractivity contribution in [1.82, 2.24) is 0 Å². The standard InChI is InChI=1S/C15H21N/c1-10(2)15-9-4-3-7-12(15)11-6-5-8-13(16)14(11)15/h5-6,8,10,12H,3-4,7,9,16H2,1-2H3. The van der Waals surface area contributed by atoms with Gasteiger partial charge in [-0.2, -0.15) is 0 Å². The van der Waals surface area contributed by atoms with Crippen LogP contribution in [-0.4, -0.2) is 0 Å². The van der Waals surface area contributed by atoms with E-state index in [-0.39, 0.29) is 0 Å². The molecule has 1 fully saturated rings. The van der Waals surface area contributed by atoms with Crippen LogP contribution >= 0.6 is 0 Å². The van der Waals surface area contributed by atoms with Crippen molar-refractivity contribution in [2.24, 2.45) is 5.92 Å². The molecule has 0 bridgehead atoms. The molecule has 1 saturated carbocycles. The lowest BCUT2D eigenvalue weighted by molar-refractivity contribution is 0.142. The van der Waals surface area contributed by atoms with Crippen LogP contribution < -0.4 is 5.73 Å². The monoisotopic (exact) mass is 215 g/mol. The van der Waals surface area contributed by atoms with Crippen molar-refractivity contribution in [2.45, 2.75) is 50.9 Å². The minimum Gasteiger partial charge on any atom is -0.398 e. The predicted molar refractivity (Wildman–Crippen MR) is 68.6 cm³/mol. The van der Waals surface area contributed by atoms with E-state index in [0.29, 0.717) is 5.41 Å². The van der Waals surface area contributed by atoms with Crippen LogP contribution in [0.2, 0.25) is 0 Å². The summed E-state index contributed by atoms with van der Waals surface area (Å²) in [6.07, 6.45) is 5.49. The first-order valence-corrected chi connectivity index (χ1v) is 6.57. The Hall–Kier alpha value is -0.980. The molecule has 2 aliphatic rings. The van der Waals surface area contributed by atoms with Gasteiger partial charge in [-0.15, -0.1) is 0 Å². The lowest BCUT2D eigenvalue weighted by atomic mass is 9.46. The maximum atomic E-state index is 6.20. The summed E-state index contributed by atoms with van der Waals surface area (Å²) in [5, 5.41) is 0. The number of benzene rings is 1. The minimum absolute atomic E-state index is 0.416. The molecule has 1 aromatic rings. The topological polar surface area (TPSA) is 26.0 Å². The molecule has 1 nitrogen and oxygen atoms in total. The number of anilines is 1. The summed E-state index contributed by atoms with van der Waals surface area (Å²) in [5.74, 6) is 1.51. The van der Waals surface area contributed by atoms with Gasteiger partial charge in [0.2, 0.25) is 0 Å². The van der Waals surface area contributed by atoms with E-state index in [9.17, 15) is 0 Å². The van der Waals surface area contributed by atoms with Crippen molar-refractivity contribution in [3.63, 3.8) is 0 Å². The Balaban J connectivity index is 2.17. The van der Waals surface area contributed by atoms with Gasteiger partial charge >= 0.3 is 0 Å². The highest BCUT2D eigenvalue weighted by Crippen LogP contribution is 2.64. The lowest BCUT2D eigenvalue weighted by Gasteiger charge is -2.57. The Morgan fingerprint density at radius 3 is 2.88 bits per heavy atom. The molecule has 0 saturated heterocycles. The fourth-order valence-corrected chi connectivity index (χ4v) is 4.25. The van der Waals surface area contributed by atoms with Crippen LogP contribution in [0.1, 0.15) is 56.6 Å². The largest absolute Gasteiger partial charge is 0.398 e. The molecular weight excluding hydrogens is 194 g/mol. The molecule has 2 atom stereocenters. The smallest absolute Gasteiger partial charge is 0.0355 e. The predicted octanol–water partition coefficient (Wildman–Crippen LogP) is 3.83. The summed E-state index contributed by atoms with van der Waals surface area (Å²) in [4.78, 5) is 0. The molecular formula is C15H21N. The summed E-state index contributed by atoms with van der Waals surface area (Å²) < 4.78 is 0. The third-order valence-electron chi connectivity index (χ3n) is 4.96. The molecule has 2 N–H and O–H groups in total. The van der Waals surface area contributed by atoms with Crippen LogP contribution in [0.15, 0.2) is 18.2 Å². The second kappa shape index (κ2) is 3.26. The first-order valence-electron chi connectivity index (χ1n) is 6.57. The second-order valence-corrected chi connectivity index (χ2v) is 5.80. The highest BCUT2D eigenvalue weighted by molar-refractivity contribution is 5.64. The van der Waals surface area contributed by atoms with Gasteiger partial charge in [0.05, 0.1) is 0 Å². The average Bonchev–Trinajstić information content (AvgIpc) is 2.24. The van der Waals surface area contributed by atoms with Gasteiger partial charge in [0.1, 0.15) is 0 Å². The van der Waals surface area contributed by atoms with E-state index >= 15 is 0 Å². The normalized spacial score (nSPS) is 31.8. The highest BCUT2D eigenvalue weighted by Gasteiger charge is 2.54. The van der Waals surface area contributed by atoms with Crippen molar-refractivity contribution in [1.29, 1.82) is 0 Å². The van der Waals surface area contributed by atoms with E-state index in [2.05, 4.69) is 32.0 Å². The summed E-state index contributed by atoms with van der Waals surface area (Å²) in [6.45, 7) is 4.74. The van der Waals surface area contributed by atoms with Crippen molar-refractivity contribution < 1.29 is 0 Å². The van der Waals surface area contributed by atoms with Gasteiger partial charge in [0.25, 0.3) is 0 Å². The van der Waals surface area contributed by atoms with Crippen molar-refractivity contribution in [3.05, 3.63) is 29.3 Å². The first-order chi connectivity index (χ1) is 7.68. The van der Waals surface area contributed by atoms with E-state index in [1.54, 1.807) is 5.56 Å². The Kier molecular flexibility index (Phi) is 2.07. The van der Waals surface area contributed by atoms with Crippen LogP contribution in [0.25, 0.3) is 0 Å². The Morgan fingerprint density at radius 2 is 2.12 bits per heavy atom. The average molecular weight is 215 g/mol. The van der Waals surface area contributed by atoms with Gasteiger partial charge in [-0.25, -0.2) is 0 Å². The summed E-state index contributed by atoms with van der Waals surface area (Å²) in [7, 11) is 0. The molecule has 0 aliphatic heterocycles. The van der Waals surface area contributed by atoms with Gasteiger partial charge in [-0.3, -0.25) is 0 Å². The summed E-state index contributed by atoms with van der Waals surface area (Å²) >= 11 is 0. The lowest BCUT2D eigenvalue weighted by Crippen LogP contribution is -2.50. The zero-order valence-corrected chi connectivity index (χ0v) is 10.3. The molecule has 1 heteroatoms. The highest BCUT2D eigenvalue weighted by atomic mass is 14.7. The molecule has 2 aliphatic carbocycles.